The van der Waals surface area contributed by atoms with Gasteiger partial charge in [0, 0.05) is 6.54 Å². The first kappa shape index (κ1) is 14.7. The lowest BCUT2D eigenvalue weighted by Gasteiger charge is -2.26. The molecule has 1 aliphatic carbocycles. The van der Waals surface area contributed by atoms with Crippen molar-refractivity contribution in [1.82, 2.24) is 5.32 Å². The number of ether oxygens (including phenoxy) is 1. The van der Waals surface area contributed by atoms with Crippen LogP contribution in [0.3, 0.4) is 0 Å². The molecule has 1 amide bonds. The van der Waals surface area contributed by atoms with Crippen molar-refractivity contribution in [2.24, 2.45) is 11.8 Å². The van der Waals surface area contributed by atoms with Crippen molar-refractivity contribution in [2.45, 2.75) is 32.6 Å². The van der Waals surface area contributed by atoms with E-state index in [2.05, 4.69) is 12.2 Å². The molecule has 0 radical (unpaired) electrons. The van der Waals surface area contributed by atoms with Crippen LogP contribution in [-0.4, -0.2) is 19.6 Å². The molecule has 110 valence electrons. The molecule has 0 aliphatic heterocycles. The second-order valence-electron chi connectivity index (χ2n) is 5.76. The van der Waals surface area contributed by atoms with Gasteiger partial charge in [0.25, 0.3) is 5.91 Å². The largest absolute Gasteiger partial charge is 0.495 e. The van der Waals surface area contributed by atoms with Gasteiger partial charge < -0.3 is 15.8 Å². The van der Waals surface area contributed by atoms with Crippen molar-refractivity contribution in [3.8, 4) is 5.75 Å². The Labute approximate surface area is 120 Å². The van der Waals surface area contributed by atoms with Crippen LogP contribution in [0.5, 0.6) is 5.75 Å². The highest BCUT2D eigenvalue weighted by molar-refractivity contribution is 6.00. The topological polar surface area (TPSA) is 64.3 Å². The molecule has 0 bridgehead atoms. The van der Waals surface area contributed by atoms with E-state index in [-0.39, 0.29) is 5.91 Å². The standard InChI is InChI=1S/C16H24N2O2/c1-11-6-8-12(9-7-11)10-18-16(19)13-4-3-5-14(20-2)15(13)17/h3-5,11-12H,6-10,17H2,1-2H3,(H,18,19). The molecule has 0 aromatic heterocycles. The zero-order valence-electron chi connectivity index (χ0n) is 12.3. The number of para-hydroxylation sites is 1. The Morgan fingerprint density at radius 1 is 1.35 bits per heavy atom. The van der Waals surface area contributed by atoms with Crippen LogP contribution in [0.4, 0.5) is 5.69 Å². The minimum atomic E-state index is -0.111. The average molecular weight is 276 g/mol. The molecule has 0 saturated heterocycles. The normalized spacial score (nSPS) is 22.3. The fraction of sp³-hybridized carbons (Fsp3) is 0.562. The number of amides is 1. The Morgan fingerprint density at radius 2 is 2.05 bits per heavy atom. The number of nitrogen functional groups attached to an aromatic ring is 1. The number of nitrogens with two attached hydrogens (primary N) is 1. The van der Waals surface area contributed by atoms with E-state index in [9.17, 15) is 4.79 Å². The third kappa shape index (κ3) is 3.44. The van der Waals surface area contributed by atoms with E-state index in [0.717, 1.165) is 12.5 Å². The smallest absolute Gasteiger partial charge is 0.253 e. The predicted molar refractivity (Wildman–Crippen MR) is 80.9 cm³/mol. The predicted octanol–water partition coefficient (Wildman–Crippen LogP) is 2.83. The molecule has 1 aromatic rings. The van der Waals surface area contributed by atoms with Gasteiger partial charge in [-0.15, -0.1) is 0 Å². The second kappa shape index (κ2) is 6.64. The van der Waals surface area contributed by atoms with Crippen LogP contribution in [0.15, 0.2) is 18.2 Å². The van der Waals surface area contributed by atoms with Crippen LogP contribution >= 0.6 is 0 Å². The van der Waals surface area contributed by atoms with Gasteiger partial charge in [-0.25, -0.2) is 0 Å². The van der Waals surface area contributed by atoms with Crippen LogP contribution in [-0.2, 0) is 0 Å². The quantitative estimate of drug-likeness (QED) is 0.831. The lowest BCUT2D eigenvalue weighted by Crippen LogP contribution is -2.31. The first-order chi connectivity index (χ1) is 9.61. The maximum absolute atomic E-state index is 12.2. The van der Waals surface area contributed by atoms with E-state index in [4.69, 9.17) is 10.5 Å². The van der Waals surface area contributed by atoms with E-state index in [0.29, 0.717) is 22.9 Å². The van der Waals surface area contributed by atoms with Crippen molar-refractivity contribution >= 4 is 11.6 Å². The summed E-state index contributed by atoms with van der Waals surface area (Å²) in [5.41, 5.74) is 6.84. The van der Waals surface area contributed by atoms with Crippen molar-refractivity contribution in [3.63, 3.8) is 0 Å². The minimum absolute atomic E-state index is 0.111. The Morgan fingerprint density at radius 3 is 2.70 bits per heavy atom. The molecular weight excluding hydrogens is 252 g/mol. The summed E-state index contributed by atoms with van der Waals surface area (Å²) >= 11 is 0. The van der Waals surface area contributed by atoms with E-state index >= 15 is 0 Å². The zero-order valence-corrected chi connectivity index (χ0v) is 12.3. The summed E-state index contributed by atoms with van der Waals surface area (Å²) in [6.45, 7) is 3.04. The summed E-state index contributed by atoms with van der Waals surface area (Å²) in [7, 11) is 1.55. The van der Waals surface area contributed by atoms with Crippen LogP contribution in [0.25, 0.3) is 0 Å². The monoisotopic (exact) mass is 276 g/mol. The molecule has 20 heavy (non-hydrogen) atoms. The van der Waals surface area contributed by atoms with Gasteiger partial charge in [0.15, 0.2) is 0 Å². The van der Waals surface area contributed by atoms with Gasteiger partial charge in [-0.1, -0.05) is 25.8 Å². The Balaban J connectivity index is 1.92. The number of carbonyl (C=O) groups excluding carboxylic acids is 1. The fourth-order valence-corrected chi connectivity index (χ4v) is 2.79. The Bertz CT molecular complexity index is 466. The molecule has 0 unspecified atom stereocenters. The average Bonchev–Trinajstić information content (AvgIpc) is 2.46. The lowest BCUT2D eigenvalue weighted by atomic mass is 9.83. The highest BCUT2D eigenvalue weighted by Crippen LogP contribution is 2.28. The van der Waals surface area contributed by atoms with E-state index in [1.807, 2.05) is 0 Å². The van der Waals surface area contributed by atoms with E-state index in [1.165, 1.54) is 25.7 Å². The van der Waals surface area contributed by atoms with Crippen LogP contribution in [0.1, 0.15) is 43.0 Å². The van der Waals surface area contributed by atoms with Gasteiger partial charge in [0.2, 0.25) is 0 Å². The number of rotatable bonds is 4. The number of benzene rings is 1. The summed E-state index contributed by atoms with van der Waals surface area (Å²) < 4.78 is 5.14. The molecule has 2 rings (SSSR count). The van der Waals surface area contributed by atoms with Crippen molar-refractivity contribution in [3.05, 3.63) is 23.8 Å². The Kier molecular flexibility index (Phi) is 4.88. The minimum Gasteiger partial charge on any atom is -0.495 e. The summed E-state index contributed by atoms with van der Waals surface area (Å²) in [5.74, 6) is 1.86. The first-order valence-corrected chi connectivity index (χ1v) is 7.32. The second-order valence-corrected chi connectivity index (χ2v) is 5.76. The number of hydrogen-bond donors (Lipinski definition) is 2. The molecule has 1 aliphatic rings. The number of carbonyl (C=O) groups is 1. The molecular formula is C16H24N2O2. The number of hydrogen-bond acceptors (Lipinski definition) is 3. The molecule has 1 fully saturated rings. The van der Waals surface area contributed by atoms with Gasteiger partial charge in [0.05, 0.1) is 18.4 Å². The summed E-state index contributed by atoms with van der Waals surface area (Å²) in [5, 5.41) is 3.00. The molecule has 4 nitrogen and oxygen atoms in total. The lowest BCUT2D eigenvalue weighted by molar-refractivity contribution is 0.0942. The first-order valence-electron chi connectivity index (χ1n) is 7.32. The van der Waals surface area contributed by atoms with Gasteiger partial charge in [-0.05, 0) is 36.8 Å². The highest BCUT2D eigenvalue weighted by atomic mass is 16.5. The summed E-state index contributed by atoms with van der Waals surface area (Å²) in [4.78, 5) is 12.2. The Hall–Kier alpha value is -1.71. The maximum atomic E-state index is 12.2. The van der Waals surface area contributed by atoms with Gasteiger partial charge in [0.1, 0.15) is 5.75 Å². The molecule has 4 heteroatoms. The number of methoxy groups -OCH3 is 1. The van der Waals surface area contributed by atoms with E-state index < -0.39 is 0 Å². The van der Waals surface area contributed by atoms with E-state index in [1.54, 1.807) is 25.3 Å². The molecule has 0 heterocycles. The molecule has 0 spiro atoms. The third-order valence-electron chi connectivity index (χ3n) is 4.22. The van der Waals surface area contributed by atoms with Crippen molar-refractivity contribution in [1.29, 1.82) is 0 Å². The maximum Gasteiger partial charge on any atom is 0.253 e. The molecule has 1 saturated carbocycles. The number of nitrogens with one attached hydrogen (secondary N) is 1. The van der Waals surface area contributed by atoms with Crippen LogP contribution < -0.4 is 15.8 Å². The van der Waals surface area contributed by atoms with Crippen molar-refractivity contribution < 1.29 is 9.53 Å². The summed E-state index contributed by atoms with van der Waals surface area (Å²) in [6.07, 6.45) is 4.94. The summed E-state index contributed by atoms with van der Waals surface area (Å²) in [6, 6.07) is 5.27. The van der Waals surface area contributed by atoms with Gasteiger partial charge in [-0.2, -0.15) is 0 Å². The fourth-order valence-electron chi connectivity index (χ4n) is 2.79. The zero-order chi connectivity index (χ0) is 14.5. The van der Waals surface area contributed by atoms with Crippen LogP contribution in [0, 0.1) is 11.8 Å². The highest BCUT2D eigenvalue weighted by Gasteiger charge is 2.19. The number of anilines is 1. The molecule has 3 N–H and O–H groups in total. The van der Waals surface area contributed by atoms with Gasteiger partial charge >= 0.3 is 0 Å². The van der Waals surface area contributed by atoms with Gasteiger partial charge in [-0.3, -0.25) is 4.79 Å². The molecule has 1 aromatic carbocycles. The molecule has 0 atom stereocenters. The van der Waals surface area contributed by atoms with Crippen LogP contribution in [0.2, 0.25) is 0 Å². The van der Waals surface area contributed by atoms with Crippen molar-refractivity contribution in [2.75, 3.05) is 19.4 Å². The third-order valence-corrected chi connectivity index (χ3v) is 4.22. The SMILES string of the molecule is COc1cccc(C(=O)NCC2CCC(C)CC2)c1N.